The Balaban J connectivity index is 2.38. The van der Waals surface area contributed by atoms with E-state index in [2.05, 4.69) is 31.9 Å². The van der Waals surface area contributed by atoms with Gasteiger partial charge in [-0.3, -0.25) is 0 Å². The van der Waals surface area contributed by atoms with E-state index in [-0.39, 0.29) is 44.4 Å². The molecular formula is C17H11B3Br2O5. The number of benzene rings is 2. The molecule has 0 aliphatic heterocycles. The van der Waals surface area contributed by atoms with Crippen molar-refractivity contribution in [2.45, 2.75) is 19.1 Å². The molecule has 2 aromatic carbocycles. The lowest BCUT2D eigenvalue weighted by molar-refractivity contribution is 0.159. The first-order valence-electron chi connectivity index (χ1n) is 7.71. The van der Waals surface area contributed by atoms with E-state index in [1.807, 2.05) is 0 Å². The van der Waals surface area contributed by atoms with Crippen LogP contribution in [0, 0.1) is 0 Å². The summed E-state index contributed by atoms with van der Waals surface area (Å²) in [5.41, 5.74) is 0.235. The molecule has 0 aliphatic carbocycles. The van der Waals surface area contributed by atoms with Crippen LogP contribution in [0.1, 0.15) is 36.0 Å². The first-order valence-corrected chi connectivity index (χ1v) is 9.30. The highest BCUT2D eigenvalue weighted by molar-refractivity contribution is 9.11. The van der Waals surface area contributed by atoms with E-state index >= 15 is 0 Å². The van der Waals surface area contributed by atoms with E-state index < -0.39 is 18.0 Å². The van der Waals surface area contributed by atoms with E-state index in [0.29, 0.717) is 14.5 Å². The summed E-state index contributed by atoms with van der Waals surface area (Å²) in [6.45, 7) is 1.44. The molecule has 6 radical (unpaired) electrons. The van der Waals surface area contributed by atoms with Crippen LogP contribution in [0.3, 0.4) is 0 Å². The highest BCUT2D eigenvalue weighted by atomic mass is 79.9. The lowest BCUT2D eigenvalue weighted by Gasteiger charge is -2.17. The first kappa shape index (κ1) is 20.4. The van der Waals surface area contributed by atoms with Gasteiger partial charge in [0.05, 0.1) is 8.95 Å². The van der Waals surface area contributed by atoms with Crippen molar-refractivity contribution in [3.8, 4) is 11.5 Å². The Morgan fingerprint density at radius 2 is 1.48 bits per heavy atom. The van der Waals surface area contributed by atoms with Crippen molar-refractivity contribution in [3.05, 3.63) is 38.0 Å². The summed E-state index contributed by atoms with van der Waals surface area (Å²) in [5, 5.41) is 41.5. The molecule has 0 fully saturated rings. The van der Waals surface area contributed by atoms with Gasteiger partial charge in [-0.2, -0.15) is 0 Å². The molecule has 2 atom stereocenters. The molecule has 3 rings (SSSR count). The molecule has 0 bridgehead atoms. The highest BCUT2D eigenvalue weighted by Crippen LogP contribution is 2.41. The third kappa shape index (κ3) is 3.22. The predicted octanol–water partition coefficient (Wildman–Crippen LogP) is 0.885. The maximum atomic E-state index is 11.0. The number of hydrogen-bond donors (Lipinski definition) is 4. The number of rotatable bonds is 3. The SMILES string of the molecule is [B]c1c([B])c([B])c2c(C(O)c3cc(Br)c(O)c(Br)c3)c(C(C)O)oc2c1O. The average molecular weight is 488 g/mol. The van der Waals surface area contributed by atoms with Gasteiger partial charge in [0.25, 0.3) is 0 Å². The number of aliphatic hydroxyl groups excluding tert-OH is 2. The lowest BCUT2D eigenvalue weighted by atomic mass is 9.70. The molecule has 3 aromatic rings. The van der Waals surface area contributed by atoms with Crippen LogP contribution in [0.15, 0.2) is 25.5 Å². The Bertz CT molecular complexity index is 1040. The van der Waals surface area contributed by atoms with E-state index in [4.69, 9.17) is 28.0 Å². The standard InChI is InChI=1S/C17H11B3Br2O5/c1-4(23)16-9(13(24)5-2-6(21)14(25)7(22)3-5)8-10(18)11(19)12(20)15(26)17(8)27-16/h2-4,13,23-26H,1H3. The number of aliphatic hydroxyl groups is 2. The molecule has 0 saturated heterocycles. The molecular weight excluding hydrogens is 476 g/mol. The summed E-state index contributed by atoms with van der Waals surface area (Å²) in [5.74, 6) is -0.456. The summed E-state index contributed by atoms with van der Waals surface area (Å²) in [6, 6.07) is 3.01. The van der Waals surface area contributed by atoms with Gasteiger partial charge in [-0.1, -0.05) is 10.9 Å². The largest absolute Gasteiger partial charge is 0.506 e. The Kier molecular flexibility index (Phi) is 5.47. The fourth-order valence-corrected chi connectivity index (χ4v) is 4.14. The second-order valence-corrected chi connectivity index (χ2v) is 7.79. The molecule has 132 valence electrons. The third-order valence-electron chi connectivity index (χ3n) is 4.30. The van der Waals surface area contributed by atoms with Crippen molar-refractivity contribution >= 4 is 82.8 Å². The van der Waals surface area contributed by atoms with Gasteiger partial charge in [0.2, 0.25) is 0 Å². The predicted molar refractivity (Wildman–Crippen MR) is 112 cm³/mol. The Morgan fingerprint density at radius 1 is 0.926 bits per heavy atom. The van der Waals surface area contributed by atoms with Crippen LogP contribution in [0.2, 0.25) is 0 Å². The maximum Gasteiger partial charge on any atom is 0.175 e. The van der Waals surface area contributed by atoms with Gasteiger partial charge in [0.1, 0.15) is 47.3 Å². The van der Waals surface area contributed by atoms with Gasteiger partial charge in [-0.25, -0.2) is 0 Å². The van der Waals surface area contributed by atoms with Crippen molar-refractivity contribution in [3.63, 3.8) is 0 Å². The minimum Gasteiger partial charge on any atom is -0.506 e. The topological polar surface area (TPSA) is 94.1 Å². The molecule has 2 unspecified atom stereocenters. The number of furan rings is 1. The third-order valence-corrected chi connectivity index (χ3v) is 5.51. The molecule has 5 nitrogen and oxygen atoms in total. The normalized spacial score (nSPS) is 13.8. The average Bonchev–Trinajstić information content (AvgIpc) is 3.02. The van der Waals surface area contributed by atoms with Crippen LogP contribution in [0.5, 0.6) is 11.5 Å². The smallest absolute Gasteiger partial charge is 0.175 e. The summed E-state index contributed by atoms with van der Waals surface area (Å²) in [4.78, 5) is 0. The molecule has 10 heteroatoms. The monoisotopic (exact) mass is 486 g/mol. The zero-order valence-corrected chi connectivity index (χ0v) is 17.2. The van der Waals surface area contributed by atoms with Crippen molar-refractivity contribution in [1.82, 2.24) is 0 Å². The Hall–Kier alpha value is -1.35. The minimum atomic E-state index is -1.31. The van der Waals surface area contributed by atoms with Crippen molar-refractivity contribution in [2.75, 3.05) is 0 Å². The fraction of sp³-hybridized carbons (Fsp3) is 0.176. The second kappa shape index (κ2) is 7.24. The molecule has 0 amide bonds. The summed E-state index contributed by atoms with van der Waals surface area (Å²) in [7, 11) is 17.7. The van der Waals surface area contributed by atoms with Crippen molar-refractivity contribution in [1.29, 1.82) is 0 Å². The number of aromatic hydroxyl groups is 2. The van der Waals surface area contributed by atoms with Crippen LogP contribution in [-0.2, 0) is 0 Å². The van der Waals surface area contributed by atoms with Crippen LogP contribution in [-0.4, -0.2) is 44.0 Å². The van der Waals surface area contributed by atoms with Gasteiger partial charge in [0.15, 0.2) is 11.3 Å². The molecule has 1 heterocycles. The number of halogens is 2. The number of fused-ring (bicyclic) bond motifs is 1. The number of phenolic OH excluding ortho intramolecular Hbond substituents is 2. The molecule has 0 spiro atoms. The van der Waals surface area contributed by atoms with Crippen molar-refractivity contribution in [2.24, 2.45) is 0 Å². The zero-order valence-electron chi connectivity index (χ0n) is 14.0. The Labute approximate surface area is 175 Å². The molecule has 4 N–H and O–H groups in total. The number of hydrogen-bond acceptors (Lipinski definition) is 5. The van der Waals surface area contributed by atoms with Gasteiger partial charge in [-0.15, -0.1) is 5.46 Å². The van der Waals surface area contributed by atoms with Crippen LogP contribution >= 0.6 is 31.9 Å². The van der Waals surface area contributed by atoms with Crippen LogP contribution in [0.25, 0.3) is 11.0 Å². The van der Waals surface area contributed by atoms with E-state index in [0.717, 1.165) is 0 Å². The van der Waals surface area contributed by atoms with Crippen molar-refractivity contribution < 1.29 is 24.8 Å². The second-order valence-electron chi connectivity index (χ2n) is 6.09. The molecule has 0 saturated carbocycles. The molecule has 0 aliphatic rings. The minimum absolute atomic E-state index is 0.00446. The highest BCUT2D eigenvalue weighted by Gasteiger charge is 2.29. The van der Waals surface area contributed by atoms with E-state index in [1.54, 1.807) is 0 Å². The van der Waals surface area contributed by atoms with E-state index in [9.17, 15) is 20.4 Å². The zero-order chi connectivity index (χ0) is 20.2. The summed E-state index contributed by atoms with van der Waals surface area (Å²) >= 11 is 6.42. The van der Waals surface area contributed by atoms with Gasteiger partial charge in [0, 0.05) is 10.9 Å². The number of phenols is 2. The summed E-state index contributed by atoms with van der Waals surface area (Å²) < 4.78 is 6.28. The fourth-order valence-electron chi connectivity index (χ4n) is 2.92. The maximum absolute atomic E-state index is 11.0. The van der Waals surface area contributed by atoms with Gasteiger partial charge in [-0.05, 0) is 56.5 Å². The first-order chi connectivity index (χ1) is 12.6. The van der Waals surface area contributed by atoms with E-state index in [1.165, 1.54) is 19.1 Å². The lowest BCUT2D eigenvalue weighted by Crippen LogP contribution is -2.39. The van der Waals surface area contributed by atoms with Crippen LogP contribution in [0.4, 0.5) is 0 Å². The quantitative estimate of drug-likeness (QED) is 0.412. The van der Waals surface area contributed by atoms with Gasteiger partial charge >= 0.3 is 0 Å². The summed E-state index contributed by atoms with van der Waals surface area (Å²) in [6.07, 6.45) is -2.43. The molecule has 27 heavy (non-hydrogen) atoms. The van der Waals surface area contributed by atoms with Gasteiger partial charge < -0.3 is 24.8 Å². The molecule has 1 aromatic heterocycles. The van der Waals surface area contributed by atoms with Crippen LogP contribution < -0.4 is 16.4 Å². The Morgan fingerprint density at radius 3 is 2.00 bits per heavy atom.